The van der Waals surface area contributed by atoms with Gasteiger partial charge in [-0.2, -0.15) is 0 Å². The van der Waals surface area contributed by atoms with Gasteiger partial charge in [-0.3, -0.25) is 0 Å². The Labute approximate surface area is 102 Å². The van der Waals surface area contributed by atoms with Crippen LogP contribution in [0, 0.1) is 0 Å². The predicted octanol–water partition coefficient (Wildman–Crippen LogP) is 2.10. The number of hydrogen-bond donors (Lipinski definition) is 3. The number of carbonyl (C=O) groups excluding carboxylic acids is 1. The number of nitrogens with one attached hydrogen (secondary N) is 2. The SMILES string of the molecule is CC(C)(C)c1ccccc1NC(=O)NCCO. The predicted molar refractivity (Wildman–Crippen MR) is 69.2 cm³/mol. The molecule has 1 rings (SSSR count). The minimum Gasteiger partial charge on any atom is -0.395 e. The second kappa shape index (κ2) is 5.68. The standard InChI is InChI=1S/C13H20N2O2/c1-13(2,3)10-6-4-5-7-11(10)15-12(17)14-8-9-16/h4-7,16H,8-9H2,1-3H3,(H2,14,15,17). The van der Waals surface area contributed by atoms with Crippen LogP contribution in [0.5, 0.6) is 0 Å². The average molecular weight is 236 g/mol. The molecule has 0 aliphatic heterocycles. The third-order valence-electron chi connectivity index (χ3n) is 2.38. The molecule has 2 amide bonds. The first-order valence-electron chi connectivity index (χ1n) is 5.70. The number of anilines is 1. The molecule has 0 spiro atoms. The van der Waals surface area contributed by atoms with E-state index in [0.29, 0.717) is 0 Å². The summed E-state index contributed by atoms with van der Waals surface area (Å²) in [6.45, 7) is 6.48. The van der Waals surface area contributed by atoms with Crippen LogP contribution in [-0.2, 0) is 5.41 Å². The van der Waals surface area contributed by atoms with Crippen molar-refractivity contribution >= 4 is 11.7 Å². The molecule has 0 aromatic heterocycles. The van der Waals surface area contributed by atoms with Gasteiger partial charge in [0.2, 0.25) is 0 Å². The number of aliphatic hydroxyl groups excluding tert-OH is 1. The molecule has 0 fully saturated rings. The Hall–Kier alpha value is -1.55. The normalized spacial score (nSPS) is 11.1. The molecule has 0 aliphatic carbocycles. The minimum absolute atomic E-state index is 0.0269. The lowest BCUT2D eigenvalue weighted by Gasteiger charge is -2.23. The van der Waals surface area contributed by atoms with E-state index in [-0.39, 0.29) is 24.6 Å². The first-order chi connectivity index (χ1) is 7.95. The molecule has 4 heteroatoms. The first kappa shape index (κ1) is 13.5. The Kier molecular flexibility index (Phi) is 4.52. The minimum atomic E-state index is -0.296. The summed E-state index contributed by atoms with van der Waals surface area (Å²) in [6, 6.07) is 7.42. The maximum Gasteiger partial charge on any atom is 0.319 e. The van der Waals surface area contributed by atoms with Crippen molar-refractivity contribution in [3.05, 3.63) is 29.8 Å². The Morgan fingerprint density at radius 1 is 1.29 bits per heavy atom. The Balaban J connectivity index is 2.81. The van der Waals surface area contributed by atoms with Crippen LogP contribution in [0.1, 0.15) is 26.3 Å². The van der Waals surface area contributed by atoms with Gasteiger partial charge in [0.05, 0.1) is 6.61 Å². The Morgan fingerprint density at radius 3 is 2.53 bits per heavy atom. The number of hydrogen-bond acceptors (Lipinski definition) is 2. The van der Waals surface area contributed by atoms with Crippen LogP contribution in [-0.4, -0.2) is 24.3 Å². The highest BCUT2D eigenvalue weighted by atomic mass is 16.3. The molecule has 0 unspecified atom stereocenters. The lowest BCUT2D eigenvalue weighted by atomic mass is 9.86. The second-order valence-electron chi connectivity index (χ2n) is 4.90. The van der Waals surface area contributed by atoms with E-state index in [1.54, 1.807) is 0 Å². The van der Waals surface area contributed by atoms with E-state index in [0.717, 1.165) is 11.3 Å². The molecule has 0 aliphatic rings. The zero-order chi connectivity index (χ0) is 12.9. The molecule has 3 N–H and O–H groups in total. The van der Waals surface area contributed by atoms with Crippen molar-refractivity contribution in [3.63, 3.8) is 0 Å². The van der Waals surface area contributed by atoms with E-state index in [1.165, 1.54) is 0 Å². The topological polar surface area (TPSA) is 61.4 Å². The van der Waals surface area contributed by atoms with Gasteiger partial charge in [-0.25, -0.2) is 4.79 Å². The monoisotopic (exact) mass is 236 g/mol. The molecule has 0 radical (unpaired) electrons. The Morgan fingerprint density at radius 2 is 1.94 bits per heavy atom. The van der Waals surface area contributed by atoms with Crippen LogP contribution in [0.25, 0.3) is 0 Å². The molecular formula is C13H20N2O2. The largest absolute Gasteiger partial charge is 0.395 e. The van der Waals surface area contributed by atoms with E-state index in [1.807, 2.05) is 24.3 Å². The summed E-state index contributed by atoms with van der Waals surface area (Å²) in [4.78, 5) is 11.5. The van der Waals surface area contributed by atoms with E-state index in [2.05, 4.69) is 31.4 Å². The van der Waals surface area contributed by atoms with E-state index >= 15 is 0 Å². The summed E-state index contributed by atoms with van der Waals surface area (Å²) in [6.07, 6.45) is 0. The highest BCUT2D eigenvalue weighted by molar-refractivity contribution is 5.90. The van der Waals surface area contributed by atoms with Gasteiger partial charge in [0.15, 0.2) is 0 Å². The van der Waals surface area contributed by atoms with Crippen molar-refractivity contribution in [2.75, 3.05) is 18.5 Å². The van der Waals surface area contributed by atoms with Gasteiger partial charge in [-0.15, -0.1) is 0 Å². The summed E-state index contributed by atoms with van der Waals surface area (Å²) in [7, 11) is 0. The molecular weight excluding hydrogens is 216 g/mol. The third kappa shape index (κ3) is 4.07. The summed E-state index contributed by atoms with van der Waals surface area (Å²) in [5.41, 5.74) is 1.86. The summed E-state index contributed by atoms with van der Waals surface area (Å²) in [5.74, 6) is 0. The number of amides is 2. The first-order valence-corrected chi connectivity index (χ1v) is 5.70. The quantitative estimate of drug-likeness (QED) is 0.752. The van der Waals surface area contributed by atoms with Crippen molar-refractivity contribution in [2.24, 2.45) is 0 Å². The van der Waals surface area contributed by atoms with Gasteiger partial charge in [0.25, 0.3) is 0 Å². The number of rotatable bonds is 3. The molecule has 94 valence electrons. The van der Waals surface area contributed by atoms with Crippen molar-refractivity contribution in [3.8, 4) is 0 Å². The molecule has 1 aromatic carbocycles. The zero-order valence-electron chi connectivity index (χ0n) is 10.6. The fourth-order valence-electron chi connectivity index (χ4n) is 1.58. The van der Waals surface area contributed by atoms with E-state index < -0.39 is 0 Å². The van der Waals surface area contributed by atoms with E-state index in [4.69, 9.17) is 5.11 Å². The van der Waals surface area contributed by atoms with Gasteiger partial charge in [-0.1, -0.05) is 39.0 Å². The number of urea groups is 1. The van der Waals surface area contributed by atoms with Gasteiger partial charge >= 0.3 is 6.03 Å². The highest BCUT2D eigenvalue weighted by Gasteiger charge is 2.18. The summed E-state index contributed by atoms with van der Waals surface area (Å²) >= 11 is 0. The summed E-state index contributed by atoms with van der Waals surface area (Å²) in [5, 5.41) is 14.0. The highest BCUT2D eigenvalue weighted by Crippen LogP contribution is 2.28. The molecule has 0 heterocycles. The van der Waals surface area contributed by atoms with Gasteiger partial charge in [0.1, 0.15) is 0 Å². The molecule has 4 nitrogen and oxygen atoms in total. The van der Waals surface area contributed by atoms with Crippen molar-refractivity contribution in [2.45, 2.75) is 26.2 Å². The van der Waals surface area contributed by atoms with Crippen LogP contribution in [0.3, 0.4) is 0 Å². The van der Waals surface area contributed by atoms with E-state index in [9.17, 15) is 4.79 Å². The molecule has 0 bridgehead atoms. The third-order valence-corrected chi connectivity index (χ3v) is 2.38. The smallest absolute Gasteiger partial charge is 0.319 e. The van der Waals surface area contributed by atoms with Crippen LogP contribution in [0.2, 0.25) is 0 Å². The number of carbonyl (C=O) groups is 1. The van der Waals surface area contributed by atoms with Gasteiger partial charge < -0.3 is 15.7 Å². The lowest BCUT2D eigenvalue weighted by molar-refractivity contribution is 0.244. The second-order valence-corrected chi connectivity index (χ2v) is 4.90. The maximum absolute atomic E-state index is 11.5. The van der Waals surface area contributed by atoms with Gasteiger partial charge in [-0.05, 0) is 17.0 Å². The van der Waals surface area contributed by atoms with Crippen molar-refractivity contribution in [1.82, 2.24) is 5.32 Å². The van der Waals surface area contributed by atoms with Crippen molar-refractivity contribution in [1.29, 1.82) is 0 Å². The number of benzene rings is 1. The molecule has 17 heavy (non-hydrogen) atoms. The molecule has 0 saturated carbocycles. The van der Waals surface area contributed by atoms with Crippen LogP contribution in [0.4, 0.5) is 10.5 Å². The average Bonchev–Trinajstić information content (AvgIpc) is 2.25. The fraction of sp³-hybridized carbons (Fsp3) is 0.462. The van der Waals surface area contributed by atoms with Crippen LogP contribution < -0.4 is 10.6 Å². The summed E-state index contributed by atoms with van der Waals surface area (Å²) < 4.78 is 0. The molecule has 1 aromatic rings. The van der Waals surface area contributed by atoms with Crippen LogP contribution in [0.15, 0.2) is 24.3 Å². The lowest BCUT2D eigenvalue weighted by Crippen LogP contribution is -2.31. The maximum atomic E-state index is 11.5. The number of aliphatic hydroxyl groups is 1. The van der Waals surface area contributed by atoms with Crippen molar-refractivity contribution < 1.29 is 9.90 Å². The van der Waals surface area contributed by atoms with Gasteiger partial charge in [0, 0.05) is 12.2 Å². The molecule has 0 saturated heterocycles. The van der Waals surface area contributed by atoms with Crippen LogP contribution >= 0.6 is 0 Å². The Bertz CT molecular complexity index is 383. The zero-order valence-corrected chi connectivity index (χ0v) is 10.6. The fourth-order valence-corrected chi connectivity index (χ4v) is 1.58. The number of para-hydroxylation sites is 1. The molecule has 0 atom stereocenters.